The third-order valence-corrected chi connectivity index (χ3v) is 3.69. The van der Waals surface area contributed by atoms with Crippen molar-refractivity contribution >= 4 is 22.7 Å². The molecule has 0 heterocycles. The molecule has 2 rings (SSSR count). The molecule has 25 heavy (non-hydrogen) atoms. The van der Waals surface area contributed by atoms with Crippen LogP contribution in [0.4, 0.5) is 0 Å². The van der Waals surface area contributed by atoms with E-state index in [1.54, 1.807) is 13.0 Å². The highest BCUT2D eigenvalue weighted by Crippen LogP contribution is 2.25. The average Bonchev–Trinajstić information content (AvgIpc) is 2.61. The van der Waals surface area contributed by atoms with Gasteiger partial charge >= 0.3 is 11.9 Å². The first-order valence-corrected chi connectivity index (χ1v) is 8.44. The predicted octanol–water partition coefficient (Wildman–Crippen LogP) is 4.26. The quantitative estimate of drug-likeness (QED) is 0.430. The maximum Gasteiger partial charge on any atom is 0.311 e. The number of hydrogen-bond acceptors (Lipinski definition) is 4. The Kier molecular flexibility index (Phi) is 7.03. The van der Waals surface area contributed by atoms with Crippen molar-refractivity contribution in [1.29, 1.82) is 0 Å². The molecule has 0 aliphatic rings. The molecule has 0 radical (unpaired) electrons. The van der Waals surface area contributed by atoms with Crippen molar-refractivity contribution in [3.63, 3.8) is 0 Å². The lowest BCUT2D eigenvalue weighted by Crippen LogP contribution is -2.16. The molecule has 0 aliphatic heterocycles. The van der Waals surface area contributed by atoms with Gasteiger partial charge in [0.25, 0.3) is 0 Å². The van der Waals surface area contributed by atoms with E-state index in [1.165, 1.54) is 0 Å². The third-order valence-electron chi connectivity index (χ3n) is 3.69. The molecule has 0 aliphatic carbocycles. The van der Waals surface area contributed by atoms with Crippen LogP contribution < -0.4 is 4.74 Å². The van der Waals surface area contributed by atoms with E-state index in [1.807, 2.05) is 43.3 Å². The van der Waals surface area contributed by atoms with E-state index in [0.717, 1.165) is 10.8 Å². The molecule has 0 fully saturated rings. The minimum atomic E-state index is -0.375. The molecule has 1 unspecified atom stereocenters. The largest absolute Gasteiger partial charge is 0.449 e. The van der Waals surface area contributed by atoms with Gasteiger partial charge in [0, 0.05) is 18.2 Å². The van der Waals surface area contributed by atoms with E-state index in [-0.39, 0.29) is 30.9 Å². The van der Waals surface area contributed by atoms with Crippen molar-refractivity contribution in [2.75, 3.05) is 0 Å². The van der Waals surface area contributed by atoms with E-state index in [9.17, 15) is 9.59 Å². The third kappa shape index (κ3) is 5.65. The molecule has 0 aromatic heterocycles. The van der Waals surface area contributed by atoms with Crippen molar-refractivity contribution in [2.45, 2.75) is 45.6 Å². The zero-order valence-corrected chi connectivity index (χ0v) is 14.6. The maximum atomic E-state index is 12.0. The Morgan fingerprint density at radius 2 is 1.76 bits per heavy atom. The van der Waals surface area contributed by atoms with Crippen molar-refractivity contribution < 1.29 is 19.1 Å². The SMILES string of the molecule is CC#CC(CC)OC(=O)CCCC(=O)Oc1cccc2ccccc12. The highest BCUT2D eigenvalue weighted by atomic mass is 16.5. The van der Waals surface area contributed by atoms with Gasteiger partial charge in [-0.3, -0.25) is 9.59 Å². The second-order valence-corrected chi connectivity index (χ2v) is 5.59. The number of carbonyl (C=O) groups is 2. The number of carbonyl (C=O) groups excluding carboxylic acids is 2. The summed E-state index contributed by atoms with van der Waals surface area (Å²) in [7, 11) is 0. The molecule has 2 aromatic carbocycles. The molecule has 2 aromatic rings. The molecule has 0 bridgehead atoms. The van der Waals surface area contributed by atoms with Gasteiger partial charge in [0.2, 0.25) is 0 Å². The second kappa shape index (κ2) is 9.48. The minimum Gasteiger partial charge on any atom is -0.449 e. The highest BCUT2D eigenvalue weighted by Gasteiger charge is 2.12. The predicted molar refractivity (Wildman–Crippen MR) is 97.1 cm³/mol. The molecular formula is C21H22O4. The summed E-state index contributed by atoms with van der Waals surface area (Å²) in [6.45, 7) is 3.61. The molecule has 0 spiro atoms. The van der Waals surface area contributed by atoms with Gasteiger partial charge < -0.3 is 9.47 Å². The van der Waals surface area contributed by atoms with E-state index >= 15 is 0 Å². The summed E-state index contributed by atoms with van der Waals surface area (Å²) in [5.41, 5.74) is 0. The Hall–Kier alpha value is -2.80. The second-order valence-electron chi connectivity index (χ2n) is 5.59. The number of fused-ring (bicyclic) bond motifs is 1. The summed E-state index contributed by atoms with van der Waals surface area (Å²) in [4.78, 5) is 23.8. The Bertz CT molecular complexity index is 793. The number of benzene rings is 2. The van der Waals surface area contributed by atoms with Gasteiger partial charge in [-0.1, -0.05) is 49.2 Å². The van der Waals surface area contributed by atoms with Gasteiger partial charge in [0.05, 0.1) is 0 Å². The van der Waals surface area contributed by atoms with Crippen LogP contribution in [-0.2, 0) is 14.3 Å². The fraction of sp³-hybridized carbons (Fsp3) is 0.333. The molecule has 130 valence electrons. The Labute approximate surface area is 148 Å². The number of hydrogen-bond donors (Lipinski definition) is 0. The molecule has 4 heteroatoms. The Balaban J connectivity index is 1.82. The van der Waals surface area contributed by atoms with Gasteiger partial charge in [-0.15, -0.1) is 5.92 Å². The molecule has 0 N–H and O–H groups in total. The smallest absolute Gasteiger partial charge is 0.311 e. The van der Waals surface area contributed by atoms with E-state index < -0.39 is 0 Å². The average molecular weight is 338 g/mol. The summed E-state index contributed by atoms with van der Waals surface area (Å²) < 4.78 is 10.7. The first kappa shape index (κ1) is 18.5. The fourth-order valence-corrected chi connectivity index (χ4v) is 2.43. The summed E-state index contributed by atoms with van der Waals surface area (Å²) in [5.74, 6) is 5.41. The summed E-state index contributed by atoms with van der Waals surface area (Å²) >= 11 is 0. The van der Waals surface area contributed by atoms with E-state index in [2.05, 4.69) is 11.8 Å². The number of ether oxygens (including phenoxy) is 2. The zero-order chi connectivity index (χ0) is 18.1. The van der Waals surface area contributed by atoms with E-state index in [4.69, 9.17) is 9.47 Å². The molecule has 1 atom stereocenters. The van der Waals surface area contributed by atoms with Crippen LogP contribution in [0.15, 0.2) is 42.5 Å². The van der Waals surface area contributed by atoms with Crippen LogP contribution in [0, 0.1) is 11.8 Å². The van der Waals surface area contributed by atoms with Crippen LogP contribution in [0.1, 0.15) is 39.5 Å². The standard InChI is InChI=1S/C21H22O4/c1-3-9-17(4-2)24-20(22)14-8-15-21(23)25-19-13-7-11-16-10-5-6-12-18(16)19/h5-7,10-13,17H,4,8,14-15H2,1-2H3. The van der Waals surface area contributed by atoms with Gasteiger partial charge in [0.15, 0.2) is 6.10 Å². The van der Waals surface area contributed by atoms with Crippen LogP contribution in [0.3, 0.4) is 0 Å². The van der Waals surface area contributed by atoms with Crippen LogP contribution >= 0.6 is 0 Å². The Morgan fingerprint density at radius 3 is 2.52 bits per heavy atom. The summed E-state index contributed by atoms with van der Waals surface area (Å²) in [6.07, 6.45) is 0.995. The van der Waals surface area contributed by atoms with Crippen LogP contribution in [0.25, 0.3) is 10.8 Å². The van der Waals surface area contributed by atoms with Crippen molar-refractivity contribution in [3.8, 4) is 17.6 Å². The lowest BCUT2D eigenvalue weighted by molar-refractivity contribution is -0.146. The topological polar surface area (TPSA) is 52.6 Å². The first-order valence-electron chi connectivity index (χ1n) is 8.44. The van der Waals surface area contributed by atoms with Gasteiger partial charge in [-0.2, -0.15) is 0 Å². The van der Waals surface area contributed by atoms with Gasteiger partial charge in [-0.05, 0) is 31.2 Å². The molecular weight excluding hydrogens is 316 g/mol. The van der Waals surface area contributed by atoms with Crippen molar-refractivity contribution in [3.05, 3.63) is 42.5 Å². The molecule has 0 saturated heterocycles. The first-order chi connectivity index (χ1) is 12.1. The maximum absolute atomic E-state index is 12.0. The number of rotatable bonds is 7. The lowest BCUT2D eigenvalue weighted by atomic mass is 10.1. The highest BCUT2D eigenvalue weighted by molar-refractivity contribution is 5.90. The molecule has 4 nitrogen and oxygen atoms in total. The fourth-order valence-electron chi connectivity index (χ4n) is 2.43. The monoisotopic (exact) mass is 338 g/mol. The minimum absolute atomic E-state index is 0.161. The molecule has 0 saturated carbocycles. The molecule has 0 amide bonds. The van der Waals surface area contributed by atoms with Crippen LogP contribution in [-0.4, -0.2) is 18.0 Å². The zero-order valence-electron chi connectivity index (χ0n) is 14.6. The Morgan fingerprint density at radius 1 is 1.04 bits per heavy atom. The van der Waals surface area contributed by atoms with Crippen molar-refractivity contribution in [1.82, 2.24) is 0 Å². The van der Waals surface area contributed by atoms with Gasteiger partial charge in [-0.25, -0.2) is 0 Å². The summed E-state index contributed by atoms with van der Waals surface area (Å²) in [6, 6.07) is 13.3. The van der Waals surface area contributed by atoms with Crippen LogP contribution in [0.2, 0.25) is 0 Å². The van der Waals surface area contributed by atoms with Gasteiger partial charge in [0.1, 0.15) is 5.75 Å². The van der Waals surface area contributed by atoms with E-state index in [0.29, 0.717) is 18.6 Å². The van der Waals surface area contributed by atoms with Crippen LogP contribution in [0.5, 0.6) is 5.75 Å². The lowest BCUT2D eigenvalue weighted by Gasteiger charge is -2.10. The van der Waals surface area contributed by atoms with Crippen molar-refractivity contribution in [2.24, 2.45) is 0 Å². The number of esters is 2. The normalized spacial score (nSPS) is 11.3. The summed E-state index contributed by atoms with van der Waals surface area (Å²) in [5, 5.41) is 1.90.